The lowest BCUT2D eigenvalue weighted by molar-refractivity contribution is 0.0168. The highest BCUT2D eigenvalue weighted by Crippen LogP contribution is 2.11. The Morgan fingerprint density at radius 1 is 1.18 bits per heavy atom. The third-order valence-corrected chi connectivity index (χ3v) is 4.40. The second kappa shape index (κ2) is 13.1. The number of benzene rings is 1. The van der Waals surface area contributed by atoms with Gasteiger partial charge in [0.2, 0.25) is 0 Å². The molecule has 1 aliphatic rings. The molecular formula is C21H34N4O3. The van der Waals surface area contributed by atoms with E-state index in [9.17, 15) is 4.79 Å². The Morgan fingerprint density at radius 2 is 1.96 bits per heavy atom. The molecule has 2 rings (SSSR count). The number of aliphatic imine (C=N–C) groups is 1. The molecule has 3 N–H and O–H groups in total. The zero-order valence-electron chi connectivity index (χ0n) is 17.1. The highest BCUT2D eigenvalue weighted by molar-refractivity contribution is 5.94. The SMILES string of the molecule is CCNC(=O)c1ccc(CN=C(NCC)NCCCOCC2CCCO2)cc1. The van der Waals surface area contributed by atoms with Gasteiger partial charge < -0.3 is 25.4 Å². The van der Waals surface area contributed by atoms with Crippen molar-refractivity contribution in [2.75, 3.05) is 39.5 Å². The molecule has 0 bridgehead atoms. The quantitative estimate of drug-likeness (QED) is 0.306. The van der Waals surface area contributed by atoms with E-state index in [1.54, 1.807) is 0 Å². The van der Waals surface area contributed by atoms with Crippen LogP contribution < -0.4 is 16.0 Å². The van der Waals surface area contributed by atoms with Crippen LogP contribution in [0.3, 0.4) is 0 Å². The molecule has 1 fully saturated rings. The lowest BCUT2D eigenvalue weighted by atomic mass is 10.1. The van der Waals surface area contributed by atoms with Crippen molar-refractivity contribution in [2.45, 2.75) is 45.8 Å². The van der Waals surface area contributed by atoms with E-state index in [0.717, 1.165) is 50.5 Å². The normalized spacial score (nSPS) is 16.8. The molecular weight excluding hydrogens is 356 g/mol. The van der Waals surface area contributed by atoms with E-state index in [1.165, 1.54) is 0 Å². The van der Waals surface area contributed by atoms with Crippen LogP contribution >= 0.6 is 0 Å². The molecule has 1 amide bonds. The van der Waals surface area contributed by atoms with E-state index < -0.39 is 0 Å². The summed E-state index contributed by atoms with van der Waals surface area (Å²) in [4.78, 5) is 16.4. The minimum absolute atomic E-state index is 0.0470. The number of hydrogen-bond acceptors (Lipinski definition) is 4. The predicted octanol–water partition coefficient (Wildman–Crippen LogP) is 2.08. The maximum atomic E-state index is 11.8. The lowest BCUT2D eigenvalue weighted by Gasteiger charge is -2.12. The smallest absolute Gasteiger partial charge is 0.251 e. The average Bonchev–Trinajstić information content (AvgIpc) is 3.22. The van der Waals surface area contributed by atoms with Gasteiger partial charge in [-0.15, -0.1) is 0 Å². The number of nitrogens with one attached hydrogen (secondary N) is 3. The Labute approximate surface area is 168 Å². The maximum Gasteiger partial charge on any atom is 0.251 e. The predicted molar refractivity (Wildman–Crippen MR) is 112 cm³/mol. The van der Waals surface area contributed by atoms with Gasteiger partial charge in [-0.1, -0.05) is 12.1 Å². The van der Waals surface area contributed by atoms with E-state index in [2.05, 4.69) is 20.9 Å². The summed E-state index contributed by atoms with van der Waals surface area (Å²) in [6, 6.07) is 7.55. The molecule has 0 aromatic heterocycles. The molecule has 1 atom stereocenters. The van der Waals surface area contributed by atoms with Crippen LogP contribution in [0.15, 0.2) is 29.3 Å². The van der Waals surface area contributed by atoms with Crippen LogP contribution in [0.5, 0.6) is 0 Å². The highest BCUT2D eigenvalue weighted by atomic mass is 16.5. The summed E-state index contributed by atoms with van der Waals surface area (Å²) >= 11 is 0. The number of nitrogens with zero attached hydrogens (tertiary/aromatic N) is 1. The number of hydrogen-bond donors (Lipinski definition) is 3. The molecule has 1 aromatic rings. The Hall–Kier alpha value is -2.12. The van der Waals surface area contributed by atoms with Gasteiger partial charge in [-0.05, 0) is 50.8 Å². The van der Waals surface area contributed by atoms with Crippen molar-refractivity contribution in [1.82, 2.24) is 16.0 Å². The molecule has 1 aromatic carbocycles. The Kier molecular flexibility index (Phi) is 10.4. The highest BCUT2D eigenvalue weighted by Gasteiger charge is 2.14. The van der Waals surface area contributed by atoms with Crippen molar-refractivity contribution in [3.63, 3.8) is 0 Å². The molecule has 28 heavy (non-hydrogen) atoms. The molecule has 0 spiro atoms. The minimum atomic E-state index is -0.0470. The molecule has 0 saturated carbocycles. The van der Waals surface area contributed by atoms with Gasteiger partial charge in [0, 0.05) is 38.4 Å². The summed E-state index contributed by atoms with van der Waals surface area (Å²) in [5.41, 5.74) is 1.73. The monoisotopic (exact) mass is 390 g/mol. The molecule has 0 aliphatic carbocycles. The Bertz CT molecular complexity index is 598. The van der Waals surface area contributed by atoms with Crippen LogP contribution in [-0.2, 0) is 16.0 Å². The first kappa shape index (κ1) is 22.2. The lowest BCUT2D eigenvalue weighted by Crippen LogP contribution is -2.38. The molecule has 1 aliphatic heterocycles. The van der Waals surface area contributed by atoms with E-state index in [0.29, 0.717) is 31.9 Å². The van der Waals surface area contributed by atoms with Gasteiger partial charge >= 0.3 is 0 Å². The molecule has 7 heteroatoms. The molecule has 1 heterocycles. The van der Waals surface area contributed by atoms with Crippen LogP contribution in [0.4, 0.5) is 0 Å². The number of rotatable bonds is 11. The van der Waals surface area contributed by atoms with E-state index in [-0.39, 0.29) is 12.0 Å². The summed E-state index contributed by atoms with van der Waals surface area (Å²) in [6.45, 7) is 9.02. The first-order valence-electron chi connectivity index (χ1n) is 10.3. The number of carbonyl (C=O) groups excluding carboxylic acids is 1. The van der Waals surface area contributed by atoms with Crippen molar-refractivity contribution in [3.8, 4) is 0 Å². The molecule has 1 unspecified atom stereocenters. The first-order valence-corrected chi connectivity index (χ1v) is 10.3. The average molecular weight is 391 g/mol. The van der Waals surface area contributed by atoms with Crippen LogP contribution in [-0.4, -0.2) is 57.4 Å². The number of amides is 1. The van der Waals surface area contributed by atoms with Gasteiger partial charge in [0.05, 0.1) is 19.3 Å². The van der Waals surface area contributed by atoms with Gasteiger partial charge in [0.15, 0.2) is 5.96 Å². The largest absolute Gasteiger partial charge is 0.379 e. The summed E-state index contributed by atoms with van der Waals surface area (Å²) < 4.78 is 11.2. The van der Waals surface area contributed by atoms with Crippen molar-refractivity contribution in [2.24, 2.45) is 4.99 Å². The third kappa shape index (κ3) is 8.27. The molecule has 1 saturated heterocycles. The minimum Gasteiger partial charge on any atom is -0.379 e. The summed E-state index contributed by atoms with van der Waals surface area (Å²) in [7, 11) is 0. The zero-order chi connectivity index (χ0) is 20.0. The van der Waals surface area contributed by atoms with Gasteiger partial charge in [-0.2, -0.15) is 0 Å². The number of guanidine groups is 1. The van der Waals surface area contributed by atoms with Crippen LogP contribution in [0.1, 0.15) is 49.0 Å². The standard InChI is InChI=1S/C21H34N4O3/c1-3-22-20(26)18-10-8-17(9-11-18)15-25-21(23-4-2)24-12-6-13-27-16-19-7-5-14-28-19/h8-11,19H,3-7,12-16H2,1-2H3,(H,22,26)(H2,23,24,25). The summed E-state index contributed by atoms with van der Waals surface area (Å²) in [5, 5.41) is 9.38. The van der Waals surface area contributed by atoms with Crippen LogP contribution in [0, 0.1) is 0 Å². The van der Waals surface area contributed by atoms with Crippen molar-refractivity contribution in [3.05, 3.63) is 35.4 Å². The second-order valence-electron chi connectivity index (χ2n) is 6.74. The Balaban J connectivity index is 1.69. The molecule has 156 valence electrons. The van der Waals surface area contributed by atoms with Crippen LogP contribution in [0.25, 0.3) is 0 Å². The maximum absolute atomic E-state index is 11.8. The topological polar surface area (TPSA) is 84.0 Å². The van der Waals surface area contributed by atoms with Gasteiger partial charge in [0.1, 0.15) is 0 Å². The van der Waals surface area contributed by atoms with E-state index in [4.69, 9.17) is 9.47 Å². The van der Waals surface area contributed by atoms with Gasteiger partial charge in [-0.25, -0.2) is 4.99 Å². The first-order chi connectivity index (χ1) is 13.7. The van der Waals surface area contributed by atoms with Gasteiger partial charge in [-0.3, -0.25) is 4.79 Å². The van der Waals surface area contributed by atoms with E-state index in [1.807, 2.05) is 38.1 Å². The number of ether oxygens (including phenoxy) is 2. The van der Waals surface area contributed by atoms with Gasteiger partial charge in [0.25, 0.3) is 5.91 Å². The summed E-state index contributed by atoms with van der Waals surface area (Å²) in [6.07, 6.45) is 3.46. The molecule has 0 radical (unpaired) electrons. The fourth-order valence-corrected chi connectivity index (χ4v) is 2.91. The van der Waals surface area contributed by atoms with Crippen molar-refractivity contribution < 1.29 is 14.3 Å². The molecule has 7 nitrogen and oxygen atoms in total. The number of carbonyl (C=O) groups is 1. The fraction of sp³-hybridized carbons (Fsp3) is 0.619. The van der Waals surface area contributed by atoms with E-state index >= 15 is 0 Å². The summed E-state index contributed by atoms with van der Waals surface area (Å²) in [5.74, 6) is 0.740. The van der Waals surface area contributed by atoms with Crippen LogP contribution in [0.2, 0.25) is 0 Å². The second-order valence-corrected chi connectivity index (χ2v) is 6.74. The van der Waals surface area contributed by atoms with Crippen molar-refractivity contribution in [1.29, 1.82) is 0 Å². The third-order valence-electron chi connectivity index (χ3n) is 4.40. The Morgan fingerprint density at radius 3 is 2.64 bits per heavy atom. The fourth-order valence-electron chi connectivity index (χ4n) is 2.91. The van der Waals surface area contributed by atoms with Crippen molar-refractivity contribution >= 4 is 11.9 Å². The zero-order valence-corrected chi connectivity index (χ0v) is 17.1.